The largest absolute Gasteiger partial charge is 0.504 e. The number of nitrogens with zero attached hydrogens (tertiary/aromatic N) is 3. The summed E-state index contributed by atoms with van der Waals surface area (Å²) in [4.78, 5) is 14.3. The van der Waals surface area contributed by atoms with Gasteiger partial charge in [-0.1, -0.05) is 0 Å². The van der Waals surface area contributed by atoms with E-state index in [0.29, 0.717) is 12.0 Å². The smallest absolute Gasteiger partial charge is 0.323 e. The second-order valence-corrected chi connectivity index (χ2v) is 2.66. The molecule has 6 nitrogen and oxygen atoms in total. The van der Waals surface area contributed by atoms with Crippen molar-refractivity contribution in [3.8, 4) is 11.8 Å². The third-order valence-corrected chi connectivity index (χ3v) is 1.82. The van der Waals surface area contributed by atoms with Crippen LogP contribution in [0.4, 0.5) is 0 Å². The van der Waals surface area contributed by atoms with E-state index in [1.807, 2.05) is 0 Å². The van der Waals surface area contributed by atoms with Gasteiger partial charge in [0.2, 0.25) is 0 Å². The highest BCUT2D eigenvalue weighted by Crippen LogP contribution is 2.21. The number of rotatable bonds is 2. The molecule has 6 heteroatoms. The maximum absolute atomic E-state index is 10.5. The molecule has 0 saturated carbocycles. The van der Waals surface area contributed by atoms with Crippen molar-refractivity contribution in [1.29, 1.82) is 0 Å². The van der Waals surface area contributed by atoms with E-state index in [9.17, 15) is 9.90 Å². The molecule has 0 radical (unpaired) electrons. The average Bonchev–Trinajstić information content (AvgIpc) is 2.78. The van der Waals surface area contributed by atoms with Crippen LogP contribution in [0.3, 0.4) is 0 Å². The number of oxazole rings is 1. The summed E-state index contributed by atoms with van der Waals surface area (Å²) in [6.07, 6.45) is 3.31. The summed E-state index contributed by atoms with van der Waals surface area (Å²) in [5, 5.41) is 13.2. The fourth-order valence-electron chi connectivity index (χ4n) is 1.10. The van der Waals surface area contributed by atoms with Gasteiger partial charge in [0, 0.05) is 0 Å². The van der Waals surface area contributed by atoms with Crippen molar-refractivity contribution in [3.63, 3.8) is 0 Å². The maximum Gasteiger partial charge on any atom is 0.323 e. The fraction of sp³-hybridized carbons (Fsp3) is 0.125. The Bertz CT molecular complexity index is 458. The molecule has 2 rings (SSSR count). The van der Waals surface area contributed by atoms with Crippen molar-refractivity contribution in [2.75, 3.05) is 0 Å². The summed E-state index contributed by atoms with van der Waals surface area (Å²) < 4.78 is 6.24. The first-order valence-corrected chi connectivity index (χ1v) is 3.87. The first-order chi connectivity index (χ1) is 6.74. The Labute approximate surface area is 78.8 Å². The van der Waals surface area contributed by atoms with Gasteiger partial charge >= 0.3 is 6.01 Å². The molecular formula is C8H7N3O3. The summed E-state index contributed by atoms with van der Waals surface area (Å²) in [6, 6.07) is 0.214. The molecule has 0 aliphatic heterocycles. The van der Waals surface area contributed by atoms with E-state index in [1.165, 1.54) is 17.1 Å². The lowest BCUT2D eigenvalue weighted by Crippen LogP contribution is -1.99. The minimum absolute atomic E-state index is 0.0271. The SMILES string of the molecule is Cc1c(O)c(C=O)nn1-c1ncco1. The lowest BCUT2D eigenvalue weighted by molar-refractivity contribution is 0.111. The van der Waals surface area contributed by atoms with Crippen molar-refractivity contribution < 1.29 is 14.3 Å². The molecule has 0 saturated heterocycles. The molecule has 2 heterocycles. The van der Waals surface area contributed by atoms with Gasteiger partial charge < -0.3 is 9.52 Å². The molecular weight excluding hydrogens is 186 g/mol. The quantitative estimate of drug-likeness (QED) is 0.709. The van der Waals surface area contributed by atoms with Crippen LogP contribution in [0.1, 0.15) is 16.2 Å². The number of aldehydes is 1. The van der Waals surface area contributed by atoms with Crippen LogP contribution in [0.2, 0.25) is 0 Å². The molecule has 2 aromatic heterocycles. The topological polar surface area (TPSA) is 81.1 Å². The van der Waals surface area contributed by atoms with Crippen LogP contribution < -0.4 is 0 Å². The molecule has 0 spiro atoms. The van der Waals surface area contributed by atoms with Gasteiger partial charge in [-0.25, -0.2) is 4.98 Å². The van der Waals surface area contributed by atoms with E-state index in [4.69, 9.17) is 4.42 Å². The van der Waals surface area contributed by atoms with E-state index in [-0.39, 0.29) is 17.5 Å². The van der Waals surface area contributed by atoms with E-state index >= 15 is 0 Å². The molecule has 2 aromatic rings. The molecule has 0 bridgehead atoms. The Kier molecular flexibility index (Phi) is 1.81. The molecule has 0 amide bonds. The van der Waals surface area contributed by atoms with Gasteiger partial charge in [-0.05, 0) is 6.92 Å². The molecule has 0 atom stereocenters. The van der Waals surface area contributed by atoms with Crippen molar-refractivity contribution >= 4 is 6.29 Å². The molecule has 0 aliphatic carbocycles. The van der Waals surface area contributed by atoms with Crippen LogP contribution in [0.5, 0.6) is 5.75 Å². The minimum Gasteiger partial charge on any atom is -0.504 e. The van der Waals surface area contributed by atoms with Crippen LogP contribution in [0.25, 0.3) is 6.01 Å². The van der Waals surface area contributed by atoms with Crippen LogP contribution in [-0.4, -0.2) is 26.2 Å². The Morgan fingerprint density at radius 1 is 1.64 bits per heavy atom. The maximum atomic E-state index is 10.5. The standard InChI is InChI=1S/C8H7N3O3/c1-5-7(13)6(4-12)10-11(5)8-9-2-3-14-8/h2-4,13H,1H3. The summed E-state index contributed by atoms with van der Waals surface area (Å²) in [5.74, 6) is -0.154. The van der Waals surface area contributed by atoms with Crippen molar-refractivity contribution in [1.82, 2.24) is 14.8 Å². The van der Waals surface area contributed by atoms with Crippen LogP contribution in [0.15, 0.2) is 16.9 Å². The van der Waals surface area contributed by atoms with Gasteiger partial charge in [-0.2, -0.15) is 9.78 Å². The molecule has 0 fully saturated rings. The van der Waals surface area contributed by atoms with Gasteiger partial charge in [-0.3, -0.25) is 4.79 Å². The predicted octanol–water partition coefficient (Wildman–Crippen LogP) is 0.687. The van der Waals surface area contributed by atoms with Crippen molar-refractivity contribution in [2.24, 2.45) is 0 Å². The third-order valence-electron chi connectivity index (χ3n) is 1.82. The van der Waals surface area contributed by atoms with Gasteiger partial charge in [0.15, 0.2) is 17.7 Å². The van der Waals surface area contributed by atoms with Gasteiger partial charge in [-0.15, -0.1) is 0 Å². The first kappa shape index (κ1) is 8.49. The number of hydrogen-bond donors (Lipinski definition) is 1. The summed E-state index contributed by atoms with van der Waals surface area (Å²) in [7, 11) is 0. The Hall–Kier alpha value is -2.11. The van der Waals surface area contributed by atoms with E-state index < -0.39 is 0 Å². The number of aromatic hydroxyl groups is 1. The Morgan fingerprint density at radius 2 is 2.43 bits per heavy atom. The van der Waals surface area contributed by atoms with E-state index in [1.54, 1.807) is 6.92 Å². The molecule has 1 N–H and O–H groups in total. The predicted molar refractivity (Wildman–Crippen MR) is 45.4 cm³/mol. The van der Waals surface area contributed by atoms with Crippen LogP contribution >= 0.6 is 0 Å². The van der Waals surface area contributed by atoms with Crippen molar-refractivity contribution in [2.45, 2.75) is 6.92 Å². The number of carbonyl (C=O) groups is 1. The zero-order valence-corrected chi connectivity index (χ0v) is 7.34. The molecule has 72 valence electrons. The number of carbonyl (C=O) groups excluding carboxylic acids is 1. The summed E-state index contributed by atoms with van der Waals surface area (Å²) >= 11 is 0. The lowest BCUT2D eigenvalue weighted by Gasteiger charge is -1.95. The highest BCUT2D eigenvalue weighted by molar-refractivity contribution is 5.76. The minimum atomic E-state index is -0.154. The number of hydrogen-bond acceptors (Lipinski definition) is 5. The molecule has 0 aromatic carbocycles. The second-order valence-electron chi connectivity index (χ2n) is 2.66. The molecule has 0 aliphatic rings. The summed E-state index contributed by atoms with van der Waals surface area (Å²) in [6.45, 7) is 1.61. The van der Waals surface area contributed by atoms with Gasteiger partial charge in [0.05, 0.1) is 11.9 Å². The van der Waals surface area contributed by atoms with E-state index in [2.05, 4.69) is 10.1 Å². The first-order valence-electron chi connectivity index (χ1n) is 3.87. The average molecular weight is 193 g/mol. The normalized spacial score (nSPS) is 10.4. The Balaban J connectivity index is 2.60. The molecule has 14 heavy (non-hydrogen) atoms. The third kappa shape index (κ3) is 1.08. The Morgan fingerprint density at radius 3 is 2.93 bits per heavy atom. The van der Waals surface area contributed by atoms with E-state index in [0.717, 1.165) is 0 Å². The summed E-state index contributed by atoms with van der Waals surface area (Å²) in [5.41, 5.74) is 0.384. The van der Waals surface area contributed by atoms with Crippen LogP contribution in [-0.2, 0) is 0 Å². The fourth-order valence-corrected chi connectivity index (χ4v) is 1.10. The second kappa shape index (κ2) is 2.99. The highest BCUT2D eigenvalue weighted by Gasteiger charge is 2.15. The zero-order valence-electron chi connectivity index (χ0n) is 7.34. The van der Waals surface area contributed by atoms with Gasteiger partial charge in [0.25, 0.3) is 0 Å². The monoisotopic (exact) mass is 193 g/mol. The number of aromatic nitrogens is 3. The lowest BCUT2D eigenvalue weighted by atomic mass is 10.3. The van der Waals surface area contributed by atoms with Gasteiger partial charge in [0.1, 0.15) is 6.26 Å². The molecule has 0 unspecified atom stereocenters. The zero-order chi connectivity index (χ0) is 10.1. The highest BCUT2D eigenvalue weighted by atomic mass is 16.4. The van der Waals surface area contributed by atoms with Crippen molar-refractivity contribution in [3.05, 3.63) is 23.8 Å². The van der Waals surface area contributed by atoms with Crippen LogP contribution in [0, 0.1) is 6.92 Å².